The highest BCUT2D eigenvalue weighted by Crippen LogP contribution is 2.34. The topological polar surface area (TPSA) is 88.4 Å². The van der Waals surface area contributed by atoms with E-state index >= 15 is 0 Å². The summed E-state index contributed by atoms with van der Waals surface area (Å²) in [6.45, 7) is 3.55. The van der Waals surface area contributed by atoms with Crippen molar-refractivity contribution in [3.8, 4) is 11.1 Å². The van der Waals surface area contributed by atoms with Gasteiger partial charge in [0.25, 0.3) is 0 Å². The lowest BCUT2D eigenvalue weighted by atomic mass is 9.95. The molecule has 0 spiro atoms. The number of furan rings is 1. The predicted octanol–water partition coefficient (Wildman–Crippen LogP) is 4.62. The minimum atomic E-state index is -0.766. The van der Waals surface area contributed by atoms with Gasteiger partial charge in [-0.1, -0.05) is 6.92 Å². The Labute approximate surface area is 202 Å². The Hall–Kier alpha value is -3.36. The number of aromatic nitrogens is 2. The van der Waals surface area contributed by atoms with Crippen LogP contribution in [0, 0.1) is 17.6 Å². The summed E-state index contributed by atoms with van der Waals surface area (Å²) in [6.07, 6.45) is 7.37. The summed E-state index contributed by atoms with van der Waals surface area (Å²) in [4.78, 5) is 11.3. The van der Waals surface area contributed by atoms with Crippen LogP contribution in [-0.4, -0.2) is 34.2 Å². The lowest BCUT2D eigenvalue weighted by Gasteiger charge is -2.37. The molecule has 1 aliphatic heterocycles. The second kappa shape index (κ2) is 9.71. The molecule has 6 nitrogen and oxygen atoms in total. The molecule has 0 radical (unpaired) electrons. The summed E-state index contributed by atoms with van der Waals surface area (Å²) >= 11 is 0. The Balaban J connectivity index is 1.42. The van der Waals surface area contributed by atoms with Crippen molar-refractivity contribution in [3.63, 3.8) is 0 Å². The summed E-state index contributed by atoms with van der Waals surface area (Å²) in [5.41, 5.74) is 10.4. The van der Waals surface area contributed by atoms with Crippen LogP contribution in [0.1, 0.15) is 30.2 Å². The highest BCUT2D eigenvalue weighted by molar-refractivity contribution is 5.91. The third-order valence-electron chi connectivity index (χ3n) is 6.59. The molecule has 3 N–H and O–H groups in total. The minimum absolute atomic E-state index is 0.149. The predicted molar refractivity (Wildman–Crippen MR) is 131 cm³/mol. The van der Waals surface area contributed by atoms with Gasteiger partial charge in [0.2, 0.25) is 0 Å². The van der Waals surface area contributed by atoms with E-state index in [2.05, 4.69) is 21.8 Å². The zero-order valence-electron chi connectivity index (χ0n) is 19.5. The van der Waals surface area contributed by atoms with E-state index in [1.807, 2.05) is 18.3 Å². The molecule has 0 saturated carbocycles. The number of nitrogens with zero attached hydrogens (tertiary/aromatic N) is 3. The molecule has 4 aromatic rings. The first-order chi connectivity index (χ1) is 16.9. The Kier molecular flexibility index (Phi) is 6.49. The van der Waals surface area contributed by atoms with Gasteiger partial charge in [-0.15, -0.1) is 0 Å². The summed E-state index contributed by atoms with van der Waals surface area (Å²) < 4.78 is 34.9. The van der Waals surface area contributed by atoms with E-state index in [1.54, 1.807) is 12.3 Å². The molecule has 1 aliphatic rings. The quantitative estimate of drug-likeness (QED) is 0.421. The molecular formula is C27H28F2N4O2. The van der Waals surface area contributed by atoms with E-state index in [1.165, 1.54) is 6.26 Å². The van der Waals surface area contributed by atoms with Crippen molar-refractivity contribution in [2.75, 3.05) is 18.0 Å². The third kappa shape index (κ3) is 4.76. The van der Waals surface area contributed by atoms with Gasteiger partial charge in [0, 0.05) is 42.9 Å². The average molecular weight is 479 g/mol. The van der Waals surface area contributed by atoms with E-state index < -0.39 is 18.2 Å². The van der Waals surface area contributed by atoms with Crippen molar-refractivity contribution in [1.82, 2.24) is 9.97 Å². The number of benzene rings is 1. The van der Waals surface area contributed by atoms with Gasteiger partial charge in [-0.3, -0.25) is 4.98 Å². The number of aryl methyl sites for hydroxylation is 2. The molecule has 182 valence electrons. The maximum absolute atomic E-state index is 14.7. The van der Waals surface area contributed by atoms with Crippen LogP contribution in [0.2, 0.25) is 0 Å². The number of nitrogens with two attached hydrogens (primary N) is 1. The number of pyridine rings is 2. The van der Waals surface area contributed by atoms with Gasteiger partial charge in [-0.25, -0.2) is 13.8 Å². The minimum Gasteiger partial charge on any atom is -0.462 e. The molecule has 1 aromatic carbocycles. The van der Waals surface area contributed by atoms with Crippen LogP contribution < -0.4 is 10.6 Å². The van der Waals surface area contributed by atoms with Gasteiger partial charge in [0.15, 0.2) is 5.58 Å². The summed E-state index contributed by atoms with van der Waals surface area (Å²) in [7, 11) is 0. The summed E-state index contributed by atoms with van der Waals surface area (Å²) in [5.74, 6) is -1.01. The molecule has 0 bridgehead atoms. The Morgan fingerprint density at radius 3 is 2.69 bits per heavy atom. The Morgan fingerprint density at radius 2 is 1.94 bits per heavy atom. The first-order valence-corrected chi connectivity index (χ1v) is 11.8. The van der Waals surface area contributed by atoms with E-state index in [9.17, 15) is 13.9 Å². The van der Waals surface area contributed by atoms with Gasteiger partial charge in [0.05, 0.1) is 17.7 Å². The second-order valence-corrected chi connectivity index (χ2v) is 9.40. The van der Waals surface area contributed by atoms with E-state index in [0.29, 0.717) is 29.9 Å². The largest absolute Gasteiger partial charge is 0.462 e. The van der Waals surface area contributed by atoms with E-state index in [-0.39, 0.29) is 22.7 Å². The standard InChI is InChI=1S/C27H28F2N4O2/c1-16-8-19(30)13-33(12-16)24-6-7-31-11-18(24)2-3-20-4-5-25-27(32-20)21(15-35-25)26-22(28)9-17(14-34)10-23(26)29/h4-7,9-11,15-16,19,34H,2-3,8,12-14,30H2,1H3/t16-,19+/m1/s1. The van der Waals surface area contributed by atoms with Crippen molar-refractivity contribution < 1.29 is 18.3 Å². The molecule has 0 unspecified atom stereocenters. The Morgan fingerprint density at radius 1 is 1.14 bits per heavy atom. The number of aliphatic hydroxyl groups excluding tert-OH is 1. The van der Waals surface area contributed by atoms with Crippen LogP contribution in [0.3, 0.4) is 0 Å². The van der Waals surface area contributed by atoms with Gasteiger partial charge < -0.3 is 20.2 Å². The molecule has 3 aromatic heterocycles. The van der Waals surface area contributed by atoms with Crippen LogP contribution in [0.5, 0.6) is 0 Å². The van der Waals surface area contributed by atoms with Crippen LogP contribution >= 0.6 is 0 Å². The van der Waals surface area contributed by atoms with Crippen LogP contribution in [0.25, 0.3) is 22.2 Å². The molecule has 5 rings (SSSR count). The molecule has 8 heteroatoms. The van der Waals surface area contributed by atoms with Gasteiger partial charge in [0.1, 0.15) is 23.4 Å². The number of fused-ring (bicyclic) bond motifs is 1. The molecule has 1 fully saturated rings. The number of anilines is 1. The fraction of sp³-hybridized carbons (Fsp3) is 0.333. The Bertz CT molecular complexity index is 1320. The second-order valence-electron chi connectivity index (χ2n) is 9.40. The molecule has 4 heterocycles. The van der Waals surface area contributed by atoms with Crippen LogP contribution in [0.4, 0.5) is 14.5 Å². The highest BCUT2D eigenvalue weighted by atomic mass is 19.1. The molecule has 0 amide bonds. The highest BCUT2D eigenvalue weighted by Gasteiger charge is 2.24. The fourth-order valence-corrected chi connectivity index (χ4v) is 5.02. The fourth-order valence-electron chi connectivity index (χ4n) is 5.02. The summed E-state index contributed by atoms with van der Waals surface area (Å²) in [5, 5.41) is 9.22. The number of hydrogen-bond acceptors (Lipinski definition) is 6. The average Bonchev–Trinajstić information content (AvgIpc) is 3.24. The molecule has 2 atom stereocenters. The first kappa shape index (κ1) is 23.4. The van der Waals surface area contributed by atoms with Gasteiger partial charge >= 0.3 is 0 Å². The van der Waals surface area contributed by atoms with Crippen molar-refractivity contribution in [2.45, 2.75) is 38.8 Å². The number of rotatable bonds is 6. The molecular weight excluding hydrogens is 450 g/mol. The molecule has 35 heavy (non-hydrogen) atoms. The maximum Gasteiger partial charge on any atom is 0.152 e. The van der Waals surface area contributed by atoms with Crippen LogP contribution in [-0.2, 0) is 19.4 Å². The van der Waals surface area contributed by atoms with Crippen LogP contribution in [0.15, 0.2) is 53.4 Å². The zero-order chi connectivity index (χ0) is 24.5. The SMILES string of the molecule is C[C@@H]1C[C@H](N)CN(c2ccncc2CCc2ccc3occ(-c4c(F)cc(CO)cc4F)c3n2)C1. The van der Waals surface area contributed by atoms with Gasteiger partial charge in [-0.2, -0.15) is 0 Å². The van der Waals surface area contributed by atoms with E-state index in [0.717, 1.165) is 48.6 Å². The summed E-state index contributed by atoms with van der Waals surface area (Å²) in [6, 6.07) is 8.07. The number of piperidine rings is 1. The van der Waals surface area contributed by atoms with Crippen molar-refractivity contribution in [2.24, 2.45) is 11.7 Å². The maximum atomic E-state index is 14.7. The first-order valence-electron chi connectivity index (χ1n) is 11.8. The third-order valence-corrected chi connectivity index (χ3v) is 6.59. The normalized spacial score (nSPS) is 18.4. The van der Waals surface area contributed by atoms with Gasteiger partial charge in [-0.05, 0) is 66.6 Å². The smallest absolute Gasteiger partial charge is 0.152 e. The number of aliphatic hydroxyl groups is 1. The lowest BCUT2D eigenvalue weighted by Crippen LogP contribution is -2.46. The zero-order valence-corrected chi connectivity index (χ0v) is 19.5. The monoisotopic (exact) mass is 478 g/mol. The molecule has 1 saturated heterocycles. The van der Waals surface area contributed by atoms with E-state index in [4.69, 9.17) is 10.2 Å². The molecule has 0 aliphatic carbocycles. The number of hydrogen-bond donors (Lipinski definition) is 2. The number of halogens is 2. The van der Waals surface area contributed by atoms with Crippen molar-refractivity contribution in [3.05, 3.63) is 77.4 Å². The van der Waals surface area contributed by atoms with Crippen molar-refractivity contribution >= 4 is 16.8 Å². The lowest BCUT2D eigenvalue weighted by molar-refractivity contribution is 0.280. The van der Waals surface area contributed by atoms with Crippen molar-refractivity contribution in [1.29, 1.82) is 0 Å².